The zero-order chi connectivity index (χ0) is 20.7. The van der Waals surface area contributed by atoms with Crippen LogP contribution >= 0.6 is 0 Å². The number of H-pyrrole nitrogens is 1. The molecule has 0 amide bonds. The lowest BCUT2D eigenvalue weighted by molar-refractivity contribution is -0.385. The second-order valence-corrected chi connectivity index (χ2v) is 7.22. The Balaban J connectivity index is 1.99. The van der Waals surface area contributed by atoms with Crippen molar-refractivity contribution in [2.75, 3.05) is 4.72 Å². The normalized spacial score (nSPS) is 12.1. The Morgan fingerprint density at radius 1 is 1.29 bits per heavy atom. The summed E-state index contributed by atoms with van der Waals surface area (Å²) in [7, 11) is -3.06. The minimum absolute atomic E-state index is 0.165. The summed E-state index contributed by atoms with van der Waals surface area (Å²) in [4.78, 5) is 12.5. The van der Waals surface area contributed by atoms with Gasteiger partial charge in [0.15, 0.2) is 11.6 Å². The Morgan fingerprint density at radius 2 is 2.00 bits per heavy atom. The Kier molecular flexibility index (Phi) is 4.58. The summed E-state index contributed by atoms with van der Waals surface area (Å²) in [6, 6.07) is 2.61. The number of sulfonamides is 1. The van der Waals surface area contributed by atoms with Crippen LogP contribution in [-0.2, 0) is 23.2 Å². The van der Waals surface area contributed by atoms with Crippen molar-refractivity contribution in [3.8, 4) is 11.5 Å². The third kappa shape index (κ3) is 3.66. The summed E-state index contributed by atoms with van der Waals surface area (Å²) in [5, 5.41) is 16.9. The Labute approximate surface area is 155 Å². The number of aryl methyl sites for hydroxylation is 1. The van der Waals surface area contributed by atoms with E-state index in [0.29, 0.717) is 23.7 Å². The first-order chi connectivity index (χ1) is 13.0. The van der Waals surface area contributed by atoms with Crippen LogP contribution < -0.4 is 4.72 Å². The van der Waals surface area contributed by atoms with Gasteiger partial charge in [-0.1, -0.05) is 0 Å². The van der Waals surface area contributed by atoms with Gasteiger partial charge in [0.05, 0.1) is 10.5 Å². The van der Waals surface area contributed by atoms with E-state index >= 15 is 0 Å². The molecular formula is C14H11F3N6O4S. The van der Waals surface area contributed by atoms with E-state index in [1.54, 1.807) is 17.8 Å². The van der Waals surface area contributed by atoms with Crippen molar-refractivity contribution in [2.24, 2.45) is 7.05 Å². The highest BCUT2D eigenvalue weighted by Crippen LogP contribution is 2.37. The van der Waals surface area contributed by atoms with E-state index < -0.39 is 37.3 Å². The molecule has 0 radical (unpaired) electrons. The molecule has 1 aromatic carbocycles. The molecule has 0 fully saturated rings. The largest absolute Gasteiger partial charge is 0.417 e. The lowest BCUT2D eigenvalue weighted by Crippen LogP contribution is -2.19. The second-order valence-electron chi connectivity index (χ2n) is 5.57. The first kappa shape index (κ1) is 19.3. The van der Waals surface area contributed by atoms with Gasteiger partial charge in [-0.25, -0.2) is 13.4 Å². The fourth-order valence-electron chi connectivity index (χ4n) is 2.39. The zero-order valence-electron chi connectivity index (χ0n) is 13.9. The highest BCUT2D eigenvalue weighted by atomic mass is 32.2. The SMILES string of the molecule is Cn1ccnc1-c1cc(NS(=O)(=O)c2ccc([N+](=O)[O-])cc2C(F)(F)F)n[nH]1. The number of non-ortho nitro benzene ring substituents is 1. The maximum absolute atomic E-state index is 13.2. The summed E-state index contributed by atoms with van der Waals surface area (Å²) in [6.07, 6.45) is -2.00. The quantitative estimate of drug-likeness (QED) is 0.485. The van der Waals surface area contributed by atoms with Crippen molar-refractivity contribution < 1.29 is 26.5 Å². The van der Waals surface area contributed by atoms with E-state index in [4.69, 9.17) is 0 Å². The number of halogens is 3. The highest BCUT2D eigenvalue weighted by molar-refractivity contribution is 7.92. The average Bonchev–Trinajstić information content (AvgIpc) is 3.21. The monoisotopic (exact) mass is 416 g/mol. The van der Waals surface area contributed by atoms with Crippen molar-refractivity contribution in [1.82, 2.24) is 19.7 Å². The van der Waals surface area contributed by atoms with Crippen molar-refractivity contribution in [1.29, 1.82) is 0 Å². The molecule has 0 aliphatic heterocycles. The van der Waals surface area contributed by atoms with Crippen LogP contribution in [0.3, 0.4) is 0 Å². The van der Waals surface area contributed by atoms with Gasteiger partial charge in [0.2, 0.25) is 0 Å². The van der Waals surface area contributed by atoms with Gasteiger partial charge in [-0.2, -0.15) is 18.3 Å². The van der Waals surface area contributed by atoms with Crippen LogP contribution in [-0.4, -0.2) is 33.1 Å². The number of hydrogen-bond donors (Lipinski definition) is 2. The minimum Gasteiger partial charge on any atom is -0.333 e. The summed E-state index contributed by atoms with van der Waals surface area (Å²) in [5.41, 5.74) is -2.22. The molecule has 2 N–H and O–H groups in total. The number of aromatic nitrogens is 4. The number of anilines is 1. The van der Waals surface area contributed by atoms with Crippen LogP contribution in [0.1, 0.15) is 5.56 Å². The lowest BCUT2D eigenvalue weighted by atomic mass is 10.2. The molecule has 0 unspecified atom stereocenters. The fourth-order valence-corrected chi connectivity index (χ4v) is 3.59. The topological polar surface area (TPSA) is 136 Å². The Hall–Kier alpha value is -3.42. The molecule has 0 aliphatic rings. The molecule has 0 saturated carbocycles. The van der Waals surface area contributed by atoms with Crippen LogP contribution in [0.25, 0.3) is 11.5 Å². The Bertz CT molecular complexity index is 1150. The molecule has 14 heteroatoms. The number of nitro benzene ring substituents is 1. The van der Waals surface area contributed by atoms with E-state index in [9.17, 15) is 31.7 Å². The van der Waals surface area contributed by atoms with Crippen LogP contribution in [0, 0.1) is 10.1 Å². The van der Waals surface area contributed by atoms with Crippen LogP contribution in [0.5, 0.6) is 0 Å². The molecular weight excluding hydrogens is 405 g/mol. The molecule has 2 heterocycles. The van der Waals surface area contributed by atoms with Crippen molar-refractivity contribution in [3.63, 3.8) is 0 Å². The van der Waals surface area contributed by atoms with Crippen LogP contribution in [0.2, 0.25) is 0 Å². The molecule has 0 bridgehead atoms. The molecule has 148 valence electrons. The molecule has 2 aromatic heterocycles. The first-order valence-electron chi connectivity index (χ1n) is 7.40. The third-order valence-electron chi connectivity index (χ3n) is 3.65. The van der Waals surface area contributed by atoms with E-state index in [1.165, 1.54) is 12.3 Å². The fraction of sp³-hybridized carbons (Fsp3) is 0.143. The number of nitrogens with zero attached hydrogens (tertiary/aromatic N) is 4. The molecule has 3 rings (SSSR count). The van der Waals surface area contributed by atoms with Crippen molar-refractivity contribution >= 4 is 21.5 Å². The van der Waals surface area contributed by atoms with Gasteiger partial charge in [-0.05, 0) is 6.07 Å². The van der Waals surface area contributed by atoms with Crippen LogP contribution in [0.4, 0.5) is 24.7 Å². The second kappa shape index (κ2) is 6.63. The molecule has 3 aromatic rings. The van der Waals surface area contributed by atoms with Crippen molar-refractivity contribution in [3.05, 3.63) is 52.3 Å². The van der Waals surface area contributed by atoms with Gasteiger partial charge in [0.1, 0.15) is 10.6 Å². The van der Waals surface area contributed by atoms with Gasteiger partial charge in [0, 0.05) is 37.6 Å². The first-order valence-corrected chi connectivity index (χ1v) is 8.89. The average molecular weight is 416 g/mol. The van der Waals surface area contributed by atoms with Gasteiger partial charge < -0.3 is 4.57 Å². The van der Waals surface area contributed by atoms with Crippen LogP contribution in [0.15, 0.2) is 41.6 Å². The maximum atomic E-state index is 13.2. The van der Waals surface area contributed by atoms with Gasteiger partial charge in [-0.15, -0.1) is 0 Å². The number of benzene rings is 1. The van der Waals surface area contributed by atoms with Crippen molar-refractivity contribution in [2.45, 2.75) is 11.1 Å². The molecule has 10 nitrogen and oxygen atoms in total. The predicted molar refractivity (Wildman–Crippen MR) is 89.7 cm³/mol. The maximum Gasteiger partial charge on any atom is 0.417 e. The number of nitrogens with one attached hydrogen (secondary N) is 2. The van der Waals surface area contributed by atoms with E-state index in [2.05, 4.69) is 15.2 Å². The summed E-state index contributed by atoms with van der Waals surface area (Å²) < 4.78 is 68.2. The molecule has 0 saturated heterocycles. The molecule has 0 spiro atoms. The number of nitro groups is 1. The van der Waals surface area contributed by atoms with Gasteiger partial charge >= 0.3 is 6.18 Å². The van der Waals surface area contributed by atoms with Gasteiger partial charge in [-0.3, -0.25) is 19.9 Å². The number of rotatable bonds is 5. The molecule has 0 aliphatic carbocycles. The number of alkyl halides is 3. The smallest absolute Gasteiger partial charge is 0.333 e. The molecule has 28 heavy (non-hydrogen) atoms. The lowest BCUT2D eigenvalue weighted by Gasteiger charge is -2.13. The summed E-state index contributed by atoms with van der Waals surface area (Å²) in [6.45, 7) is 0. The predicted octanol–water partition coefficient (Wildman–Crippen LogP) is 2.54. The number of imidazole rings is 1. The van der Waals surface area contributed by atoms with E-state index in [0.717, 1.165) is 0 Å². The van der Waals surface area contributed by atoms with E-state index in [-0.39, 0.29) is 11.9 Å². The number of hydrogen-bond acceptors (Lipinski definition) is 6. The minimum atomic E-state index is -5.13. The molecule has 0 atom stereocenters. The number of aromatic amines is 1. The third-order valence-corrected chi connectivity index (χ3v) is 5.06. The highest BCUT2D eigenvalue weighted by Gasteiger charge is 2.39. The zero-order valence-corrected chi connectivity index (χ0v) is 14.7. The van der Waals surface area contributed by atoms with Gasteiger partial charge in [0.25, 0.3) is 15.7 Å². The van der Waals surface area contributed by atoms with E-state index in [1.807, 2.05) is 4.72 Å². The summed E-state index contributed by atoms with van der Waals surface area (Å²) >= 11 is 0. The summed E-state index contributed by atoms with van der Waals surface area (Å²) in [5.74, 6) is 0.147. The Morgan fingerprint density at radius 3 is 2.57 bits per heavy atom. The standard InChI is InChI=1S/C14H11F3N6O4S/c1-22-5-4-18-13(22)10-7-12(20-19-10)21-28(26,27)11-3-2-8(23(24)25)6-9(11)14(15,16)17/h2-7H,1H3,(H2,19,20,21).